The number of carbonyl (C=O) groups is 1. The minimum atomic E-state index is -0.0581. The minimum absolute atomic E-state index is 0.0581. The molecule has 106 valence electrons. The topological polar surface area (TPSA) is 43.1 Å². The molecule has 1 rings (SSSR count). The van der Waals surface area contributed by atoms with Gasteiger partial charge in [-0.25, -0.2) is 0 Å². The molecule has 0 fully saturated rings. The van der Waals surface area contributed by atoms with Gasteiger partial charge in [-0.2, -0.15) is 0 Å². The van der Waals surface area contributed by atoms with E-state index in [2.05, 4.69) is 34.6 Å². The second-order valence-electron chi connectivity index (χ2n) is 6.93. The van der Waals surface area contributed by atoms with Crippen LogP contribution in [0.2, 0.25) is 0 Å². The van der Waals surface area contributed by atoms with E-state index in [1.807, 2.05) is 24.3 Å². The summed E-state index contributed by atoms with van der Waals surface area (Å²) in [5, 5.41) is 0. The van der Waals surface area contributed by atoms with Crippen LogP contribution in [0.1, 0.15) is 69.3 Å². The summed E-state index contributed by atoms with van der Waals surface area (Å²) in [7, 11) is 0. The molecule has 0 saturated carbocycles. The molecule has 0 radical (unpaired) electrons. The number of Topliss-reactive ketones (excluding diaryl/α,β-unsaturated/α-hetero) is 1. The Hall–Kier alpha value is -1.15. The number of carbonyl (C=O) groups excluding carboxylic acids is 1. The molecule has 0 heterocycles. The molecule has 1 unspecified atom stereocenters. The van der Waals surface area contributed by atoms with Crippen LogP contribution in [0.3, 0.4) is 0 Å². The van der Waals surface area contributed by atoms with Gasteiger partial charge in [0, 0.05) is 18.0 Å². The average Bonchev–Trinajstić information content (AvgIpc) is 2.26. The number of rotatable bonds is 5. The lowest BCUT2D eigenvalue weighted by Gasteiger charge is -2.22. The maximum Gasteiger partial charge on any atom is 0.164 e. The van der Waals surface area contributed by atoms with E-state index in [0.717, 1.165) is 12.0 Å². The largest absolute Gasteiger partial charge is 0.327 e. The predicted octanol–water partition coefficient (Wildman–Crippen LogP) is 4.15. The maximum absolute atomic E-state index is 12.1. The fourth-order valence-electron chi connectivity index (χ4n) is 2.27. The van der Waals surface area contributed by atoms with Crippen LogP contribution in [0.25, 0.3) is 0 Å². The molecule has 0 amide bonds. The van der Waals surface area contributed by atoms with Crippen LogP contribution in [0.4, 0.5) is 0 Å². The molecule has 1 aromatic carbocycles. The van der Waals surface area contributed by atoms with E-state index >= 15 is 0 Å². The van der Waals surface area contributed by atoms with Gasteiger partial charge in [0.05, 0.1) is 0 Å². The first-order valence-electron chi connectivity index (χ1n) is 7.08. The summed E-state index contributed by atoms with van der Waals surface area (Å²) in [6, 6.07) is 7.85. The summed E-state index contributed by atoms with van der Waals surface area (Å²) in [6.45, 7) is 10.7. The molecule has 0 bridgehead atoms. The van der Waals surface area contributed by atoms with Gasteiger partial charge in [-0.1, -0.05) is 58.9 Å². The summed E-state index contributed by atoms with van der Waals surface area (Å²) < 4.78 is 0. The fourth-order valence-corrected chi connectivity index (χ4v) is 2.27. The van der Waals surface area contributed by atoms with E-state index in [4.69, 9.17) is 5.73 Å². The second kappa shape index (κ2) is 6.33. The van der Waals surface area contributed by atoms with Crippen molar-refractivity contribution >= 4 is 5.78 Å². The van der Waals surface area contributed by atoms with E-state index in [-0.39, 0.29) is 17.2 Å². The smallest absolute Gasteiger partial charge is 0.164 e. The van der Waals surface area contributed by atoms with E-state index < -0.39 is 0 Å². The monoisotopic (exact) mass is 261 g/mol. The van der Waals surface area contributed by atoms with Crippen LogP contribution in [0.15, 0.2) is 24.3 Å². The van der Waals surface area contributed by atoms with Gasteiger partial charge >= 0.3 is 0 Å². The van der Waals surface area contributed by atoms with Gasteiger partial charge in [0.2, 0.25) is 0 Å². The minimum Gasteiger partial charge on any atom is -0.327 e. The molecule has 19 heavy (non-hydrogen) atoms. The third-order valence-electron chi connectivity index (χ3n) is 3.22. The highest BCUT2D eigenvalue weighted by atomic mass is 16.1. The Labute approximate surface area is 117 Å². The Morgan fingerprint density at radius 2 is 1.68 bits per heavy atom. The first-order valence-corrected chi connectivity index (χ1v) is 7.08. The van der Waals surface area contributed by atoms with Crippen molar-refractivity contribution in [3.8, 4) is 0 Å². The van der Waals surface area contributed by atoms with Gasteiger partial charge in [0.25, 0.3) is 0 Å². The summed E-state index contributed by atoms with van der Waals surface area (Å²) >= 11 is 0. The van der Waals surface area contributed by atoms with Crippen molar-refractivity contribution in [3.05, 3.63) is 35.4 Å². The SMILES string of the molecule is CC(C)c1ccc(C(=O)CC(N)CC(C)(C)C)cc1. The number of nitrogens with two attached hydrogens (primary N) is 1. The van der Waals surface area contributed by atoms with Crippen LogP contribution in [-0.2, 0) is 0 Å². The van der Waals surface area contributed by atoms with E-state index in [0.29, 0.717) is 12.3 Å². The van der Waals surface area contributed by atoms with Crippen LogP contribution in [-0.4, -0.2) is 11.8 Å². The Bertz CT molecular complexity index is 412. The predicted molar refractivity (Wildman–Crippen MR) is 81.5 cm³/mol. The van der Waals surface area contributed by atoms with E-state index in [1.165, 1.54) is 5.56 Å². The first-order chi connectivity index (χ1) is 8.69. The Morgan fingerprint density at radius 3 is 2.11 bits per heavy atom. The molecule has 2 heteroatoms. The quantitative estimate of drug-likeness (QED) is 0.809. The molecule has 2 nitrogen and oxygen atoms in total. The van der Waals surface area contributed by atoms with Crippen molar-refractivity contribution < 1.29 is 4.79 Å². The fraction of sp³-hybridized carbons (Fsp3) is 0.588. The highest BCUT2D eigenvalue weighted by molar-refractivity contribution is 5.96. The van der Waals surface area contributed by atoms with Crippen molar-refractivity contribution in [2.45, 2.75) is 59.4 Å². The van der Waals surface area contributed by atoms with Crippen molar-refractivity contribution in [3.63, 3.8) is 0 Å². The van der Waals surface area contributed by atoms with E-state index in [9.17, 15) is 4.79 Å². The standard InChI is InChI=1S/C17H27NO/c1-12(2)13-6-8-14(9-7-13)16(19)10-15(18)11-17(3,4)5/h6-9,12,15H,10-11,18H2,1-5H3. The highest BCUT2D eigenvalue weighted by Gasteiger charge is 2.18. The van der Waals surface area contributed by atoms with E-state index in [1.54, 1.807) is 0 Å². The lowest BCUT2D eigenvalue weighted by atomic mass is 9.86. The van der Waals surface area contributed by atoms with Gasteiger partial charge in [0.1, 0.15) is 0 Å². The molecule has 0 aliphatic heterocycles. The molecule has 1 aromatic rings. The zero-order valence-electron chi connectivity index (χ0n) is 12.9. The Morgan fingerprint density at radius 1 is 1.16 bits per heavy atom. The lowest BCUT2D eigenvalue weighted by Crippen LogP contribution is -2.29. The van der Waals surface area contributed by atoms with Gasteiger partial charge in [-0.05, 0) is 23.3 Å². The van der Waals surface area contributed by atoms with Gasteiger partial charge in [-0.3, -0.25) is 4.79 Å². The zero-order chi connectivity index (χ0) is 14.6. The molecule has 1 atom stereocenters. The Balaban J connectivity index is 2.63. The van der Waals surface area contributed by atoms with Crippen molar-refractivity contribution in [1.82, 2.24) is 0 Å². The van der Waals surface area contributed by atoms with Gasteiger partial charge < -0.3 is 5.73 Å². The van der Waals surface area contributed by atoms with Crippen LogP contribution >= 0.6 is 0 Å². The van der Waals surface area contributed by atoms with Crippen molar-refractivity contribution in [1.29, 1.82) is 0 Å². The maximum atomic E-state index is 12.1. The van der Waals surface area contributed by atoms with Crippen molar-refractivity contribution in [2.24, 2.45) is 11.1 Å². The first kappa shape index (κ1) is 15.9. The molecule has 0 aromatic heterocycles. The number of hydrogen-bond donors (Lipinski definition) is 1. The molecule has 0 saturated heterocycles. The average molecular weight is 261 g/mol. The number of ketones is 1. The third kappa shape index (κ3) is 5.56. The summed E-state index contributed by atoms with van der Waals surface area (Å²) in [5.74, 6) is 0.638. The Kier molecular flexibility index (Phi) is 5.30. The van der Waals surface area contributed by atoms with Crippen LogP contribution in [0.5, 0.6) is 0 Å². The number of hydrogen-bond acceptors (Lipinski definition) is 2. The lowest BCUT2D eigenvalue weighted by molar-refractivity contribution is 0.0968. The highest BCUT2D eigenvalue weighted by Crippen LogP contribution is 2.22. The summed E-state index contributed by atoms with van der Waals surface area (Å²) in [5.41, 5.74) is 8.26. The van der Waals surface area contributed by atoms with Crippen molar-refractivity contribution in [2.75, 3.05) is 0 Å². The number of benzene rings is 1. The third-order valence-corrected chi connectivity index (χ3v) is 3.22. The molecular weight excluding hydrogens is 234 g/mol. The molecule has 0 spiro atoms. The molecule has 0 aliphatic carbocycles. The molecule has 0 aliphatic rings. The molecule has 2 N–H and O–H groups in total. The summed E-state index contributed by atoms with van der Waals surface area (Å²) in [4.78, 5) is 12.1. The van der Waals surface area contributed by atoms with Crippen LogP contribution in [0, 0.1) is 5.41 Å². The zero-order valence-corrected chi connectivity index (χ0v) is 12.9. The van der Waals surface area contributed by atoms with Gasteiger partial charge in [0.15, 0.2) is 5.78 Å². The molecular formula is C17H27NO. The second-order valence-corrected chi connectivity index (χ2v) is 6.93. The van der Waals surface area contributed by atoms with Gasteiger partial charge in [-0.15, -0.1) is 0 Å². The normalized spacial score (nSPS) is 13.6. The summed E-state index contributed by atoms with van der Waals surface area (Å²) in [6.07, 6.45) is 1.29. The van der Waals surface area contributed by atoms with Crippen LogP contribution < -0.4 is 5.73 Å².